The minimum Gasteiger partial charge on any atom is -0.398 e. The summed E-state index contributed by atoms with van der Waals surface area (Å²) in [4.78, 5) is 0. The van der Waals surface area contributed by atoms with Crippen molar-refractivity contribution in [1.82, 2.24) is 0 Å². The number of hydrogen-bond donors (Lipinski definition) is 2. The molecular formula is C20H18F2N2. The molecule has 3 rings (SSSR count). The molecule has 3 aromatic carbocycles. The first-order valence-electron chi connectivity index (χ1n) is 7.69. The van der Waals surface area contributed by atoms with Gasteiger partial charge in [0.1, 0.15) is 5.69 Å². The first kappa shape index (κ1) is 16.0. The minimum atomic E-state index is -0.773. The van der Waals surface area contributed by atoms with E-state index in [1.165, 1.54) is 0 Å². The molecule has 0 fully saturated rings. The van der Waals surface area contributed by atoms with E-state index in [0.29, 0.717) is 0 Å². The van der Waals surface area contributed by atoms with Crippen LogP contribution in [0.15, 0.2) is 60.7 Å². The van der Waals surface area contributed by atoms with Crippen LogP contribution in [0.2, 0.25) is 0 Å². The van der Waals surface area contributed by atoms with E-state index < -0.39 is 17.3 Å². The van der Waals surface area contributed by atoms with Crippen molar-refractivity contribution in [2.75, 3.05) is 11.5 Å². The second-order valence-corrected chi connectivity index (χ2v) is 5.74. The van der Waals surface area contributed by atoms with Crippen LogP contribution in [0.25, 0.3) is 0 Å². The molecule has 2 nitrogen and oxygen atoms in total. The molecule has 4 heteroatoms. The lowest BCUT2D eigenvalue weighted by molar-refractivity contribution is 0.577. The highest BCUT2D eigenvalue weighted by atomic mass is 19.1. The van der Waals surface area contributed by atoms with Crippen molar-refractivity contribution in [1.29, 1.82) is 0 Å². The van der Waals surface area contributed by atoms with Crippen molar-refractivity contribution < 1.29 is 8.78 Å². The Kier molecular flexibility index (Phi) is 4.47. The molecule has 122 valence electrons. The largest absolute Gasteiger partial charge is 0.398 e. The Balaban J connectivity index is 2.06. The topological polar surface area (TPSA) is 52.0 Å². The Morgan fingerprint density at radius 1 is 0.583 bits per heavy atom. The predicted molar refractivity (Wildman–Crippen MR) is 93.7 cm³/mol. The van der Waals surface area contributed by atoms with E-state index >= 15 is 0 Å². The average molecular weight is 324 g/mol. The maximum Gasteiger partial charge on any atom is 0.154 e. The summed E-state index contributed by atoms with van der Waals surface area (Å²) in [5, 5.41) is 0. The summed E-state index contributed by atoms with van der Waals surface area (Å²) in [5.41, 5.74) is 13.7. The van der Waals surface area contributed by atoms with Crippen LogP contribution in [0, 0.1) is 11.6 Å². The van der Waals surface area contributed by atoms with Crippen LogP contribution in [-0.4, -0.2) is 0 Å². The summed E-state index contributed by atoms with van der Waals surface area (Å²) < 4.78 is 29.0. The van der Waals surface area contributed by atoms with E-state index in [1.807, 2.05) is 60.7 Å². The van der Waals surface area contributed by atoms with E-state index in [2.05, 4.69) is 0 Å². The van der Waals surface area contributed by atoms with E-state index in [9.17, 15) is 8.78 Å². The van der Waals surface area contributed by atoms with Crippen LogP contribution in [0.1, 0.15) is 22.3 Å². The van der Waals surface area contributed by atoms with Crippen molar-refractivity contribution in [3.63, 3.8) is 0 Å². The molecule has 0 spiro atoms. The molecule has 0 aliphatic carbocycles. The lowest BCUT2D eigenvalue weighted by Gasteiger charge is -2.16. The summed E-state index contributed by atoms with van der Waals surface area (Å²) in [5.74, 6) is -1.55. The van der Waals surface area contributed by atoms with Gasteiger partial charge in [0, 0.05) is 29.7 Å². The molecule has 3 aromatic rings. The molecule has 0 aromatic heterocycles. The Labute approximate surface area is 139 Å². The predicted octanol–water partition coefficient (Wildman–Crippen LogP) is 4.31. The van der Waals surface area contributed by atoms with Gasteiger partial charge in [0.2, 0.25) is 0 Å². The SMILES string of the molecule is Nc1c(F)c(Cc2ccccc2)c(N)c(Cc2ccccc2)c1F. The molecule has 4 N–H and O–H groups in total. The summed E-state index contributed by atoms with van der Waals surface area (Å²) in [7, 11) is 0. The molecule has 0 radical (unpaired) electrons. The first-order chi connectivity index (χ1) is 11.6. The highest BCUT2D eigenvalue weighted by Gasteiger charge is 2.21. The van der Waals surface area contributed by atoms with Gasteiger partial charge in [0.15, 0.2) is 11.6 Å². The monoisotopic (exact) mass is 324 g/mol. The molecule has 24 heavy (non-hydrogen) atoms. The van der Waals surface area contributed by atoms with Gasteiger partial charge in [-0.3, -0.25) is 0 Å². The zero-order valence-electron chi connectivity index (χ0n) is 13.1. The molecule has 0 amide bonds. The van der Waals surface area contributed by atoms with Crippen molar-refractivity contribution in [2.24, 2.45) is 0 Å². The summed E-state index contributed by atoms with van der Waals surface area (Å²) in [6, 6.07) is 18.7. The normalized spacial score (nSPS) is 10.8. The van der Waals surface area contributed by atoms with Crippen molar-refractivity contribution in [3.8, 4) is 0 Å². The van der Waals surface area contributed by atoms with Gasteiger partial charge in [0.05, 0.1) is 0 Å². The van der Waals surface area contributed by atoms with Crippen LogP contribution in [0.4, 0.5) is 20.2 Å². The zero-order chi connectivity index (χ0) is 17.1. The Morgan fingerprint density at radius 3 is 1.33 bits per heavy atom. The summed E-state index contributed by atoms with van der Waals surface area (Å²) in [6.07, 6.45) is 0.537. The van der Waals surface area contributed by atoms with Gasteiger partial charge in [-0.2, -0.15) is 0 Å². The smallest absolute Gasteiger partial charge is 0.154 e. The summed E-state index contributed by atoms with van der Waals surface area (Å²) >= 11 is 0. The summed E-state index contributed by atoms with van der Waals surface area (Å²) in [6.45, 7) is 0. The minimum absolute atomic E-state index is 0.131. The quantitative estimate of drug-likeness (QED) is 0.703. The fourth-order valence-electron chi connectivity index (χ4n) is 2.79. The molecule has 0 aliphatic rings. The van der Waals surface area contributed by atoms with Crippen LogP contribution in [-0.2, 0) is 12.8 Å². The second-order valence-electron chi connectivity index (χ2n) is 5.74. The number of halogens is 2. The van der Waals surface area contributed by atoms with Gasteiger partial charge < -0.3 is 11.5 Å². The Hall–Kier alpha value is -2.88. The van der Waals surface area contributed by atoms with Crippen LogP contribution < -0.4 is 11.5 Å². The fraction of sp³-hybridized carbons (Fsp3) is 0.100. The number of rotatable bonds is 4. The lowest BCUT2D eigenvalue weighted by atomic mass is 9.94. The van der Waals surface area contributed by atoms with Gasteiger partial charge >= 0.3 is 0 Å². The number of nitrogen functional groups attached to an aromatic ring is 2. The molecule has 0 unspecified atom stereocenters. The second kappa shape index (κ2) is 6.71. The van der Waals surface area contributed by atoms with E-state index in [1.54, 1.807) is 0 Å². The third-order valence-electron chi connectivity index (χ3n) is 4.10. The third-order valence-corrected chi connectivity index (χ3v) is 4.10. The maximum atomic E-state index is 14.5. The maximum absolute atomic E-state index is 14.5. The standard InChI is InChI=1S/C20H18F2N2/c21-17-15(11-13-7-3-1-4-8-13)19(23)16(18(22)20(17)24)12-14-9-5-2-6-10-14/h1-10H,11-12,23-24H2. The number of benzene rings is 3. The number of hydrogen-bond acceptors (Lipinski definition) is 2. The molecule has 0 heterocycles. The van der Waals surface area contributed by atoms with Crippen LogP contribution in [0.5, 0.6) is 0 Å². The molecule has 0 aliphatic heterocycles. The van der Waals surface area contributed by atoms with Crippen molar-refractivity contribution in [3.05, 3.63) is 94.6 Å². The Bertz CT molecular complexity index is 778. The van der Waals surface area contributed by atoms with E-state index in [-0.39, 0.29) is 29.7 Å². The molecule has 0 atom stereocenters. The Morgan fingerprint density at radius 2 is 0.958 bits per heavy atom. The van der Waals surface area contributed by atoms with Crippen LogP contribution in [0.3, 0.4) is 0 Å². The molecule has 0 bridgehead atoms. The highest BCUT2D eigenvalue weighted by molar-refractivity contribution is 5.65. The number of nitrogens with two attached hydrogens (primary N) is 2. The average Bonchev–Trinajstić information content (AvgIpc) is 2.62. The van der Waals surface area contributed by atoms with Crippen LogP contribution >= 0.6 is 0 Å². The van der Waals surface area contributed by atoms with Crippen molar-refractivity contribution >= 4 is 11.4 Å². The van der Waals surface area contributed by atoms with Gasteiger partial charge in [-0.1, -0.05) is 60.7 Å². The lowest BCUT2D eigenvalue weighted by Crippen LogP contribution is -2.11. The van der Waals surface area contributed by atoms with Gasteiger partial charge in [0.25, 0.3) is 0 Å². The van der Waals surface area contributed by atoms with Gasteiger partial charge in [-0.25, -0.2) is 8.78 Å². The molecular weight excluding hydrogens is 306 g/mol. The van der Waals surface area contributed by atoms with Crippen molar-refractivity contribution in [2.45, 2.75) is 12.8 Å². The van der Waals surface area contributed by atoms with E-state index in [4.69, 9.17) is 11.5 Å². The third kappa shape index (κ3) is 3.08. The van der Waals surface area contributed by atoms with E-state index in [0.717, 1.165) is 11.1 Å². The zero-order valence-corrected chi connectivity index (χ0v) is 13.1. The molecule has 0 saturated heterocycles. The fourth-order valence-corrected chi connectivity index (χ4v) is 2.79. The number of anilines is 2. The molecule has 0 saturated carbocycles. The van der Waals surface area contributed by atoms with Gasteiger partial charge in [-0.05, 0) is 11.1 Å². The highest BCUT2D eigenvalue weighted by Crippen LogP contribution is 2.33. The first-order valence-corrected chi connectivity index (χ1v) is 7.69. The van der Waals surface area contributed by atoms with Gasteiger partial charge in [-0.15, -0.1) is 0 Å².